The normalized spacial score (nSPS) is 11.6. The molecule has 1 atom stereocenters. The van der Waals surface area contributed by atoms with Crippen molar-refractivity contribution in [2.24, 2.45) is 0 Å². The van der Waals surface area contributed by atoms with Crippen LogP contribution in [0.5, 0.6) is 0 Å². The van der Waals surface area contributed by atoms with E-state index >= 15 is 0 Å². The largest absolute Gasteiger partial charge is 0.480 e. The second-order valence-electron chi connectivity index (χ2n) is 7.33. The van der Waals surface area contributed by atoms with Gasteiger partial charge in [0.05, 0.1) is 0 Å². The van der Waals surface area contributed by atoms with Crippen LogP contribution < -0.4 is 5.32 Å². The Bertz CT molecular complexity index is 337. The molecule has 0 aromatic rings. The first-order chi connectivity index (χ1) is 12.1. The Morgan fingerprint density at radius 3 is 1.42 bits per heavy atom. The molecular formula is C21H41KNO3. The molecule has 149 valence electrons. The van der Waals surface area contributed by atoms with E-state index in [0.29, 0.717) is 6.42 Å². The van der Waals surface area contributed by atoms with Crippen molar-refractivity contribution >= 4 is 63.3 Å². The third-order valence-corrected chi connectivity index (χ3v) is 4.76. The number of hydrogen-bond acceptors (Lipinski definition) is 2. The number of carboxylic acids is 1. The third kappa shape index (κ3) is 20.9. The van der Waals surface area contributed by atoms with Crippen LogP contribution in [0.15, 0.2) is 0 Å². The fourth-order valence-corrected chi connectivity index (χ4v) is 3.03. The molecule has 0 aromatic heterocycles. The molecule has 0 fully saturated rings. The van der Waals surface area contributed by atoms with E-state index < -0.39 is 12.0 Å². The molecule has 0 aliphatic heterocycles. The van der Waals surface area contributed by atoms with Crippen LogP contribution in [0.1, 0.15) is 117 Å². The van der Waals surface area contributed by atoms with E-state index in [9.17, 15) is 9.59 Å². The Morgan fingerprint density at radius 2 is 1.08 bits per heavy atom. The van der Waals surface area contributed by atoms with Crippen LogP contribution in [-0.4, -0.2) is 74.4 Å². The Morgan fingerprint density at radius 1 is 0.731 bits per heavy atom. The van der Waals surface area contributed by atoms with E-state index in [2.05, 4.69) is 12.2 Å². The fraction of sp³-hybridized carbons (Fsp3) is 0.905. The molecule has 0 spiro atoms. The summed E-state index contributed by atoms with van der Waals surface area (Å²) >= 11 is 0. The van der Waals surface area contributed by atoms with Crippen molar-refractivity contribution in [1.82, 2.24) is 5.32 Å². The molecule has 0 bridgehead atoms. The van der Waals surface area contributed by atoms with Gasteiger partial charge in [-0.25, -0.2) is 0 Å². The van der Waals surface area contributed by atoms with Crippen LogP contribution in [0.4, 0.5) is 0 Å². The molecule has 2 N–H and O–H groups in total. The molecule has 26 heavy (non-hydrogen) atoms. The van der Waals surface area contributed by atoms with Crippen LogP contribution in [0.3, 0.4) is 0 Å². The molecular weight excluding hydrogens is 353 g/mol. The van der Waals surface area contributed by atoms with Crippen LogP contribution >= 0.6 is 0 Å². The number of amides is 1. The maximum absolute atomic E-state index is 11.5. The molecule has 0 heterocycles. The van der Waals surface area contributed by atoms with Crippen LogP contribution in [0.25, 0.3) is 0 Å². The van der Waals surface area contributed by atoms with E-state index in [0.717, 1.165) is 12.8 Å². The molecule has 0 saturated heterocycles. The Labute approximate surface area is 204 Å². The zero-order chi connectivity index (χ0) is 18.8. The first-order valence-corrected chi connectivity index (χ1v) is 10.6. The number of nitrogens with one attached hydrogen (secondary N) is 1. The van der Waals surface area contributed by atoms with Crippen molar-refractivity contribution in [1.29, 1.82) is 0 Å². The van der Waals surface area contributed by atoms with E-state index in [-0.39, 0.29) is 57.3 Å². The summed E-state index contributed by atoms with van der Waals surface area (Å²) < 4.78 is 0. The minimum Gasteiger partial charge on any atom is -0.480 e. The van der Waals surface area contributed by atoms with Crippen molar-refractivity contribution in [2.45, 2.75) is 123 Å². The van der Waals surface area contributed by atoms with E-state index in [1.165, 1.54) is 90.4 Å². The zero-order valence-electron chi connectivity index (χ0n) is 17.7. The van der Waals surface area contributed by atoms with Crippen LogP contribution in [-0.2, 0) is 9.59 Å². The second-order valence-corrected chi connectivity index (χ2v) is 7.33. The monoisotopic (exact) mass is 394 g/mol. The van der Waals surface area contributed by atoms with Crippen LogP contribution in [0, 0.1) is 0 Å². The summed E-state index contributed by atoms with van der Waals surface area (Å²) in [6, 6.07) is -0.788. The molecule has 0 rings (SSSR count). The summed E-state index contributed by atoms with van der Waals surface area (Å²) in [6.45, 7) is 3.76. The number of carbonyl (C=O) groups is 2. The first kappa shape index (κ1) is 28.8. The molecule has 1 radical (unpaired) electrons. The first-order valence-electron chi connectivity index (χ1n) is 10.6. The topological polar surface area (TPSA) is 66.4 Å². The van der Waals surface area contributed by atoms with Gasteiger partial charge in [-0.2, -0.15) is 0 Å². The summed E-state index contributed by atoms with van der Waals surface area (Å²) in [4.78, 5) is 22.2. The SMILES string of the molecule is CCCCCCCCCCCCCCCCCC(=O)N[C@@H](C)C(=O)O.[K]. The number of carbonyl (C=O) groups excluding carboxylic acids is 1. The van der Waals surface area contributed by atoms with Gasteiger partial charge in [0.1, 0.15) is 6.04 Å². The summed E-state index contributed by atoms with van der Waals surface area (Å²) in [5, 5.41) is 11.2. The van der Waals surface area contributed by atoms with E-state index in [1.807, 2.05) is 0 Å². The quantitative estimate of drug-likeness (QED) is 0.240. The number of rotatable bonds is 18. The number of aliphatic carboxylic acids is 1. The fourth-order valence-electron chi connectivity index (χ4n) is 3.03. The predicted octanol–water partition coefficient (Wildman–Crippen LogP) is 5.46. The summed E-state index contributed by atoms with van der Waals surface area (Å²) in [6.07, 6.45) is 20.0. The molecule has 5 heteroatoms. The van der Waals surface area contributed by atoms with Crippen molar-refractivity contribution in [3.05, 3.63) is 0 Å². The predicted molar refractivity (Wildman–Crippen MR) is 111 cm³/mol. The van der Waals surface area contributed by atoms with Gasteiger partial charge in [-0.15, -0.1) is 0 Å². The average molecular weight is 395 g/mol. The van der Waals surface area contributed by atoms with Crippen molar-refractivity contribution in [3.63, 3.8) is 0 Å². The third-order valence-electron chi connectivity index (χ3n) is 4.76. The van der Waals surface area contributed by atoms with Gasteiger partial charge in [-0.3, -0.25) is 9.59 Å². The van der Waals surface area contributed by atoms with Gasteiger partial charge < -0.3 is 10.4 Å². The Hall–Kier alpha value is 0.576. The van der Waals surface area contributed by atoms with Gasteiger partial charge >= 0.3 is 5.97 Å². The molecule has 0 aliphatic carbocycles. The van der Waals surface area contributed by atoms with Gasteiger partial charge in [-0.1, -0.05) is 96.8 Å². The zero-order valence-corrected chi connectivity index (χ0v) is 20.8. The summed E-state index contributed by atoms with van der Waals surface area (Å²) in [7, 11) is 0. The standard InChI is InChI=1S/C21H41NO3.K/c1-3-4-5-6-7-8-9-10-11-12-13-14-15-16-17-18-20(23)22-19(2)21(24)25;/h19H,3-18H2,1-2H3,(H,22,23)(H,24,25);/t19-;/m0./s1. The van der Waals surface area contributed by atoms with Gasteiger partial charge in [0.25, 0.3) is 0 Å². The van der Waals surface area contributed by atoms with Crippen molar-refractivity contribution in [2.75, 3.05) is 0 Å². The molecule has 0 aliphatic rings. The van der Waals surface area contributed by atoms with E-state index in [1.54, 1.807) is 0 Å². The molecule has 4 nitrogen and oxygen atoms in total. The molecule has 0 aromatic carbocycles. The minimum absolute atomic E-state index is 0. The second kappa shape index (κ2) is 21.9. The smallest absolute Gasteiger partial charge is 0.325 e. The summed E-state index contributed by atoms with van der Waals surface area (Å²) in [5.74, 6) is -1.13. The van der Waals surface area contributed by atoms with Gasteiger partial charge in [-0.05, 0) is 13.3 Å². The van der Waals surface area contributed by atoms with Crippen molar-refractivity contribution in [3.8, 4) is 0 Å². The molecule has 0 unspecified atom stereocenters. The van der Waals surface area contributed by atoms with Crippen LogP contribution in [0.2, 0.25) is 0 Å². The van der Waals surface area contributed by atoms with E-state index in [4.69, 9.17) is 5.11 Å². The maximum atomic E-state index is 11.5. The Balaban J connectivity index is 0. The average Bonchev–Trinajstić information content (AvgIpc) is 2.58. The minimum atomic E-state index is -0.982. The maximum Gasteiger partial charge on any atom is 0.325 e. The number of carboxylic acid groups (broad SMARTS) is 1. The van der Waals surface area contributed by atoms with Gasteiger partial charge in [0, 0.05) is 57.8 Å². The molecule has 1 amide bonds. The summed E-state index contributed by atoms with van der Waals surface area (Å²) in [5.41, 5.74) is 0. The van der Waals surface area contributed by atoms with Gasteiger partial charge in [0.2, 0.25) is 5.91 Å². The van der Waals surface area contributed by atoms with Gasteiger partial charge in [0.15, 0.2) is 0 Å². The number of hydrogen-bond donors (Lipinski definition) is 2. The Kier molecular flexibility index (Phi) is 24.2. The molecule has 0 saturated carbocycles. The van der Waals surface area contributed by atoms with Crippen molar-refractivity contribution < 1.29 is 14.7 Å². The number of unbranched alkanes of at least 4 members (excludes halogenated alkanes) is 14.